The third-order valence-electron chi connectivity index (χ3n) is 8.18. The Labute approximate surface area is 242 Å². The van der Waals surface area contributed by atoms with Crippen LogP contribution in [0.15, 0.2) is 54.9 Å². The number of rotatable bonds is 10. The van der Waals surface area contributed by atoms with Crippen molar-refractivity contribution in [2.24, 2.45) is 11.7 Å². The Morgan fingerprint density at radius 3 is 2.15 bits per heavy atom. The molecule has 1 aliphatic carbocycles. The molecule has 12 heteroatoms. The van der Waals surface area contributed by atoms with Gasteiger partial charge in [0.25, 0.3) is 0 Å². The van der Waals surface area contributed by atoms with E-state index >= 15 is 0 Å². The maximum absolute atomic E-state index is 12.9. The van der Waals surface area contributed by atoms with Crippen LogP contribution in [0.25, 0.3) is 11.2 Å². The molecule has 0 bridgehead atoms. The molecule has 1 aliphatic rings. The van der Waals surface area contributed by atoms with E-state index in [2.05, 4.69) is 20.3 Å². The first-order valence-corrected chi connectivity index (χ1v) is 13.6. The number of aliphatic hydroxyl groups is 2. The normalized spacial score (nSPS) is 20.2. The minimum atomic E-state index is -1.42. The Balaban J connectivity index is 1.52. The van der Waals surface area contributed by atoms with Gasteiger partial charge < -0.3 is 30.7 Å². The van der Waals surface area contributed by atoms with Crippen molar-refractivity contribution in [1.82, 2.24) is 19.5 Å². The van der Waals surface area contributed by atoms with Gasteiger partial charge in [-0.3, -0.25) is 9.36 Å². The first-order chi connectivity index (χ1) is 19.7. The van der Waals surface area contributed by atoms with E-state index < -0.39 is 29.6 Å². The molecular weight excluding hydrogens is 548 g/mol. The number of ether oxygens (including phenoxy) is 2. The maximum Gasteiger partial charge on any atom is 0.243 e. The predicted octanol–water partition coefficient (Wildman–Crippen LogP) is 3.07. The van der Waals surface area contributed by atoms with Gasteiger partial charge in [0.05, 0.1) is 32.8 Å². The van der Waals surface area contributed by atoms with E-state index in [1.807, 2.05) is 48.5 Å². The summed E-state index contributed by atoms with van der Waals surface area (Å²) in [5.74, 6) is 0.462. The molecule has 4 aromatic rings. The number of imidazole rings is 1. The predicted molar refractivity (Wildman–Crippen MR) is 154 cm³/mol. The molecule has 2 aromatic carbocycles. The minimum absolute atomic E-state index is 0.0500. The van der Waals surface area contributed by atoms with Gasteiger partial charge in [-0.15, -0.1) is 0 Å². The van der Waals surface area contributed by atoms with Crippen LogP contribution in [0.2, 0.25) is 5.28 Å². The first kappa shape index (κ1) is 28.6. The lowest BCUT2D eigenvalue weighted by atomic mass is 9.81. The molecule has 216 valence electrons. The Kier molecular flexibility index (Phi) is 8.03. The molecule has 5 N–H and O–H groups in total. The number of aliphatic hydroxyl groups excluding tert-OH is 2. The molecule has 1 fully saturated rings. The maximum atomic E-state index is 12.9. The summed E-state index contributed by atoms with van der Waals surface area (Å²) >= 11 is 6.37. The Morgan fingerprint density at radius 1 is 1.07 bits per heavy atom. The standard InChI is InChI=1S/C29H33ClN6O5/c1-29(27(31)39,21-12-13-22(37)24(21)38)36-15-33-23-25(34-28(30)35-26(23)36)32-14-20(16-4-8-18(40-2)9-5-16)17-6-10-19(41-3)11-7-17/h4-11,15,20-22,24,37-38H,12-14H2,1-3H3,(H2,31,39)(H,32,34,35). The SMILES string of the molecule is COc1ccc(C(CNc2nc(Cl)nc3c2ncn3C(C)(C(N)=O)C2CCC(O)C2O)c2ccc(OC)cc2)cc1. The largest absolute Gasteiger partial charge is 0.497 e. The number of anilines is 1. The molecule has 4 atom stereocenters. The van der Waals surface area contributed by atoms with Gasteiger partial charge in [0, 0.05) is 18.4 Å². The number of halogens is 1. The Morgan fingerprint density at radius 2 is 1.66 bits per heavy atom. The molecule has 0 spiro atoms. The summed E-state index contributed by atoms with van der Waals surface area (Å²) in [6, 6.07) is 15.7. The van der Waals surface area contributed by atoms with Crippen molar-refractivity contribution in [2.45, 2.75) is 43.4 Å². The highest BCUT2D eigenvalue weighted by Crippen LogP contribution is 2.41. The molecule has 41 heavy (non-hydrogen) atoms. The van der Waals surface area contributed by atoms with E-state index in [-0.39, 0.29) is 16.8 Å². The lowest BCUT2D eigenvalue weighted by Gasteiger charge is -2.36. The average Bonchev–Trinajstić information content (AvgIpc) is 3.56. The van der Waals surface area contributed by atoms with E-state index in [0.717, 1.165) is 22.6 Å². The second-order valence-corrected chi connectivity index (χ2v) is 10.7. The van der Waals surface area contributed by atoms with Crippen LogP contribution in [0.1, 0.15) is 36.8 Å². The van der Waals surface area contributed by atoms with Gasteiger partial charge in [-0.1, -0.05) is 24.3 Å². The van der Waals surface area contributed by atoms with Gasteiger partial charge in [-0.25, -0.2) is 4.98 Å². The number of amides is 1. The summed E-state index contributed by atoms with van der Waals surface area (Å²) < 4.78 is 12.2. The topological polar surface area (TPSA) is 158 Å². The Hall–Kier alpha value is -3.93. The van der Waals surface area contributed by atoms with Gasteiger partial charge in [0.15, 0.2) is 17.0 Å². The van der Waals surface area contributed by atoms with E-state index in [9.17, 15) is 15.0 Å². The van der Waals surface area contributed by atoms with E-state index in [1.54, 1.807) is 21.1 Å². The molecule has 11 nitrogen and oxygen atoms in total. The summed E-state index contributed by atoms with van der Waals surface area (Å²) in [6.07, 6.45) is 0.123. The van der Waals surface area contributed by atoms with Crippen molar-refractivity contribution >= 4 is 34.5 Å². The van der Waals surface area contributed by atoms with Crippen LogP contribution in [0.3, 0.4) is 0 Å². The zero-order valence-corrected chi connectivity index (χ0v) is 23.7. The highest BCUT2D eigenvalue weighted by molar-refractivity contribution is 6.28. The van der Waals surface area contributed by atoms with Crippen LogP contribution in [0.4, 0.5) is 5.82 Å². The van der Waals surface area contributed by atoms with Crippen molar-refractivity contribution in [1.29, 1.82) is 0 Å². The molecular formula is C29H33ClN6O5. The van der Waals surface area contributed by atoms with Crippen molar-refractivity contribution in [3.8, 4) is 11.5 Å². The molecule has 1 saturated carbocycles. The number of nitrogens with two attached hydrogens (primary N) is 1. The smallest absolute Gasteiger partial charge is 0.243 e. The summed E-state index contributed by atoms with van der Waals surface area (Å²) in [7, 11) is 3.25. The zero-order chi connectivity index (χ0) is 29.3. The number of aromatic nitrogens is 4. The van der Waals surface area contributed by atoms with Crippen molar-refractivity contribution < 1.29 is 24.5 Å². The van der Waals surface area contributed by atoms with Crippen LogP contribution in [0.5, 0.6) is 11.5 Å². The lowest BCUT2D eigenvalue weighted by Crippen LogP contribution is -2.52. The zero-order valence-electron chi connectivity index (χ0n) is 23.0. The fourth-order valence-corrected chi connectivity index (χ4v) is 5.85. The highest BCUT2D eigenvalue weighted by Gasteiger charge is 2.51. The lowest BCUT2D eigenvalue weighted by molar-refractivity contribution is -0.131. The number of hydrogen-bond donors (Lipinski definition) is 4. The minimum Gasteiger partial charge on any atom is -0.497 e. The summed E-state index contributed by atoms with van der Waals surface area (Å²) in [5, 5.41) is 24.2. The summed E-state index contributed by atoms with van der Waals surface area (Å²) in [5.41, 5.74) is 7.23. The third kappa shape index (κ3) is 5.28. The molecule has 0 radical (unpaired) electrons. The van der Waals surface area contributed by atoms with E-state index in [0.29, 0.717) is 30.7 Å². The molecule has 2 aromatic heterocycles. The average molecular weight is 581 g/mol. The van der Waals surface area contributed by atoms with E-state index in [4.69, 9.17) is 26.8 Å². The summed E-state index contributed by atoms with van der Waals surface area (Å²) in [4.78, 5) is 26.2. The molecule has 0 saturated heterocycles. The number of benzene rings is 2. The number of hydrogen-bond acceptors (Lipinski definition) is 9. The quantitative estimate of drug-likeness (QED) is 0.207. The third-order valence-corrected chi connectivity index (χ3v) is 8.35. The van der Waals surface area contributed by atoms with E-state index in [1.165, 1.54) is 10.9 Å². The van der Waals surface area contributed by atoms with Crippen LogP contribution in [-0.2, 0) is 10.3 Å². The van der Waals surface area contributed by atoms with Crippen LogP contribution in [0, 0.1) is 5.92 Å². The monoisotopic (exact) mass is 580 g/mol. The van der Waals surface area contributed by atoms with Gasteiger partial charge >= 0.3 is 0 Å². The highest BCUT2D eigenvalue weighted by atomic mass is 35.5. The van der Waals surface area contributed by atoms with Crippen LogP contribution >= 0.6 is 11.6 Å². The fraction of sp³-hybridized carbons (Fsp3) is 0.379. The second kappa shape index (κ2) is 11.5. The number of fused-ring (bicyclic) bond motifs is 1. The number of primary amides is 1. The van der Waals surface area contributed by atoms with Crippen molar-refractivity contribution in [3.63, 3.8) is 0 Å². The van der Waals surface area contributed by atoms with Gasteiger partial charge in [0.1, 0.15) is 17.0 Å². The number of carbonyl (C=O) groups excluding carboxylic acids is 1. The molecule has 2 heterocycles. The van der Waals surface area contributed by atoms with Crippen molar-refractivity contribution in [2.75, 3.05) is 26.1 Å². The fourth-order valence-electron chi connectivity index (χ4n) is 5.69. The number of carbonyl (C=O) groups is 1. The molecule has 4 unspecified atom stereocenters. The van der Waals surface area contributed by atoms with Crippen molar-refractivity contribution in [3.05, 3.63) is 71.3 Å². The Bertz CT molecular complexity index is 1480. The first-order valence-electron chi connectivity index (χ1n) is 13.3. The van der Waals surface area contributed by atoms with Gasteiger partial charge in [-0.2, -0.15) is 9.97 Å². The molecule has 5 rings (SSSR count). The van der Waals surface area contributed by atoms with Gasteiger partial charge in [-0.05, 0) is 66.8 Å². The number of methoxy groups -OCH3 is 2. The number of nitrogens with zero attached hydrogens (tertiary/aromatic N) is 4. The summed E-state index contributed by atoms with van der Waals surface area (Å²) in [6.45, 7) is 2.05. The van der Waals surface area contributed by atoms with Gasteiger partial charge in [0.2, 0.25) is 11.2 Å². The molecule has 1 amide bonds. The van der Waals surface area contributed by atoms with Crippen LogP contribution in [-0.4, -0.2) is 68.6 Å². The van der Waals surface area contributed by atoms with Crippen LogP contribution < -0.4 is 20.5 Å². The number of nitrogens with one attached hydrogen (secondary N) is 1. The second-order valence-electron chi connectivity index (χ2n) is 10.4. The molecule has 0 aliphatic heterocycles.